The molecular weight excluding hydrogens is 363 g/mol. The van der Waals surface area contributed by atoms with E-state index in [9.17, 15) is 17.6 Å². The average Bonchev–Trinajstić information content (AvgIpc) is 2.90. The van der Waals surface area contributed by atoms with Gasteiger partial charge in [0, 0.05) is 6.04 Å². The summed E-state index contributed by atoms with van der Waals surface area (Å²) >= 11 is 1.22. The zero-order chi connectivity index (χ0) is 18.0. The van der Waals surface area contributed by atoms with Crippen LogP contribution in [0.5, 0.6) is 0 Å². The minimum absolute atomic E-state index is 0.0208. The number of amidine groups is 1. The minimum Gasteiger partial charge on any atom is -0.287 e. The predicted octanol–water partition coefficient (Wildman–Crippen LogP) is 3.56. The number of hydrogen-bond acceptors (Lipinski definition) is 4. The number of amides is 1. The molecule has 1 saturated heterocycles. The summed E-state index contributed by atoms with van der Waals surface area (Å²) in [5.74, 6) is -0.556. The number of hydrogen-bond donors (Lipinski definition) is 0. The fourth-order valence-corrected chi connectivity index (χ4v) is 5.58. The maximum Gasteiger partial charge on any atom is 0.284 e. The lowest BCUT2D eigenvalue weighted by Gasteiger charge is -2.30. The lowest BCUT2D eigenvalue weighted by Crippen LogP contribution is -2.42. The summed E-state index contributed by atoms with van der Waals surface area (Å²) in [6, 6.07) is 4.59. The number of rotatable bonds is 4. The summed E-state index contributed by atoms with van der Waals surface area (Å²) in [4.78, 5) is 14.2. The standard InChI is InChI=1S/C17H21FN2O3S2/c1-2-15-16(21)20(13-6-4-3-5-7-13)17(24-15)19-25(22,23)14-10-8-12(18)9-11-14/h8-11,13,15H,2-7H2,1H3/t15-/m1/s1. The molecule has 1 heterocycles. The molecule has 25 heavy (non-hydrogen) atoms. The smallest absolute Gasteiger partial charge is 0.284 e. The van der Waals surface area contributed by atoms with Crippen molar-refractivity contribution in [3.05, 3.63) is 30.1 Å². The van der Waals surface area contributed by atoms with Crippen LogP contribution in [0.15, 0.2) is 33.6 Å². The van der Waals surface area contributed by atoms with E-state index in [0.717, 1.165) is 44.2 Å². The third-order valence-electron chi connectivity index (χ3n) is 4.59. The molecule has 2 fully saturated rings. The van der Waals surface area contributed by atoms with Crippen LogP contribution in [0, 0.1) is 5.82 Å². The van der Waals surface area contributed by atoms with Gasteiger partial charge >= 0.3 is 0 Å². The van der Waals surface area contributed by atoms with Crippen molar-refractivity contribution in [1.29, 1.82) is 0 Å². The molecule has 1 amide bonds. The molecule has 0 N–H and O–H groups in total. The van der Waals surface area contributed by atoms with Crippen LogP contribution >= 0.6 is 11.8 Å². The predicted molar refractivity (Wildman–Crippen MR) is 96.4 cm³/mol. The maximum absolute atomic E-state index is 13.0. The Morgan fingerprint density at radius 2 is 1.84 bits per heavy atom. The Labute approximate surface area is 151 Å². The quantitative estimate of drug-likeness (QED) is 0.796. The van der Waals surface area contributed by atoms with Gasteiger partial charge in [0.05, 0.1) is 10.1 Å². The molecule has 136 valence electrons. The Hall–Kier alpha value is -1.41. The van der Waals surface area contributed by atoms with Crippen molar-refractivity contribution in [2.75, 3.05) is 0 Å². The first-order chi connectivity index (χ1) is 11.9. The first kappa shape index (κ1) is 18.4. The molecule has 0 aromatic heterocycles. The number of carbonyl (C=O) groups is 1. The van der Waals surface area contributed by atoms with Crippen molar-refractivity contribution in [3.63, 3.8) is 0 Å². The van der Waals surface area contributed by atoms with Gasteiger partial charge in [-0.05, 0) is 43.5 Å². The Kier molecular flexibility index (Phi) is 5.48. The highest BCUT2D eigenvalue weighted by Gasteiger charge is 2.42. The summed E-state index contributed by atoms with van der Waals surface area (Å²) in [5.41, 5.74) is 0. The Bertz CT molecular complexity index is 772. The molecule has 1 aromatic carbocycles. The summed E-state index contributed by atoms with van der Waals surface area (Å²) in [5, 5.41) is -0.0304. The van der Waals surface area contributed by atoms with E-state index >= 15 is 0 Å². The van der Waals surface area contributed by atoms with Gasteiger partial charge in [0.2, 0.25) is 5.91 Å². The van der Waals surface area contributed by atoms with E-state index in [4.69, 9.17) is 0 Å². The number of nitrogens with zero attached hydrogens (tertiary/aromatic N) is 2. The average molecular weight is 384 g/mol. The Morgan fingerprint density at radius 3 is 2.44 bits per heavy atom. The molecular formula is C17H21FN2O3S2. The van der Waals surface area contributed by atoms with Gasteiger partial charge in [-0.3, -0.25) is 9.69 Å². The number of carbonyl (C=O) groups excluding carboxylic acids is 1. The van der Waals surface area contributed by atoms with Gasteiger partial charge in [-0.2, -0.15) is 8.42 Å². The van der Waals surface area contributed by atoms with Gasteiger partial charge in [0.15, 0.2) is 5.17 Å². The third kappa shape index (κ3) is 3.89. The van der Waals surface area contributed by atoms with E-state index in [1.165, 1.54) is 23.9 Å². The summed E-state index contributed by atoms with van der Waals surface area (Å²) < 4.78 is 42.1. The zero-order valence-corrected chi connectivity index (χ0v) is 15.7. The molecule has 1 atom stereocenters. The van der Waals surface area contributed by atoms with Crippen LogP contribution in [0.2, 0.25) is 0 Å². The first-order valence-electron chi connectivity index (χ1n) is 8.52. The van der Waals surface area contributed by atoms with Gasteiger partial charge in [0.1, 0.15) is 5.82 Å². The number of thioether (sulfide) groups is 1. The van der Waals surface area contributed by atoms with Crippen LogP contribution in [-0.4, -0.2) is 35.7 Å². The topological polar surface area (TPSA) is 66.8 Å². The highest BCUT2D eigenvalue weighted by molar-refractivity contribution is 8.16. The van der Waals surface area contributed by atoms with Crippen LogP contribution in [-0.2, 0) is 14.8 Å². The molecule has 0 unspecified atom stereocenters. The van der Waals surface area contributed by atoms with E-state index in [-0.39, 0.29) is 27.3 Å². The molecule has 1 aromatic rings. The van der Waals surface area contributed by atoms with Crippen molar-refractivity contribution in [2.24, 2.45) is 4.40 Å². The molecule has 1 aliphatic carbocycles. The van der Waals surface area contributed by atoms with Gasteiger partial charge < -0.3 is 0 Å². The van der Waals surface area contributed by atoms with Gasteiger partial charge in [-0.15, -0.1) is 4.40 Å². The van der Waals surface area contributed by atoms with E-state index in [1.54, 1.807) is 4.90 Å². The second-order valence-electron chi connectivity index (χ2n) is 6.32. The van der Waals surface area contributed by atoms with E-state index in [2.05, 4.69) is 4.40 Å². The second kappa shape index (κ2) is 7.45. The lowest BCUT2D eigenvalue weighted by atomic mass is 9.94. The molecule has 5 nitrogen and oxygen atoms in total. The highest BCUT2D eigenvalue weighted by atomic mass is 32.2. The molecule has 1 saturated carbocycles. The largest absolute Gasteiger partial charge is 0.287 e. The van der Waals surface area contributed by atoms with Crippen molar-refractivity contribution < 1.29 is 17.6 Å². The first-order valence-corrected chi connectivity index (χ1v) is 10.8. The van der Waals surface area contributed by atoms with E-state index in [1.807, 2.05) is 6.92 Å². The Balaban J connectivity index is 1.95. The normalized spacial score (nSPS) is 24.2. The molecule has 0 spiro atoms. The SMILES string of the molecule is CC[C@H]1SC(=NS(=O)(=O)c2ccc(F)cc2)N(C2CCCCC2)C1=O. The van der Waals surface area contributed by atoms with Crippen LogP contribution in [0.3, 0.4) is 0 Å². The van der Waals surface area contributed by atoms with Crippen LogP contribution in [0.25, 0.3) is 0 Å². The molecule has 0 bridgehead atoms. The van der Waals surface area contributed by atoms with Crippen LogP contribution < -0.4 is 0 Å². The molecule has 0 radical (unpaired) electrons. The van der Waals surface area contributed by atoms with Crippen molar-refractivity contribution >= 4 is 32.9 Å². The third-order valence-corrected chi connectivity index (χ3v) is 7.30. The zero-order valence-electron chi connectivity index (χ0n) is 14.0. The minimum atomic E-state index is -3.98. The monoisotopic (exact) mass is 384 g/mol. The van der Waals surface area contributed by atoms with Gasteiger partial charge in [-0.1, -0.05) is 37.9 Å². The fraction of sp³-hybridized carbons (Fsp3) is 0.529. The van der Waals surface area contributed by atoms with Crippen LogP contribution in [0.1, 0.15) is 45.4 Å². The highest BCUT2D eigenvalue weighted by Crippen LogP contribution is 2.36. The summed E-state index contributed by atoms with van der Waals surface area (Å²) in [6.07, 6.45) is 5.59. The molecule has 1 aliphatic heterocycles. The van der Waals surface area contributed by atoms with Gasteiger partial charge in [-0.25, -0.2) is 4.39 Å². The summed E-state index contributed by atoms with van der Waals surface area (Å²) in [7, 11) is -3.98. The fourth-order valence-electron chi connectivity index (χ4n) is 3.24. The van der Waals surface area contributed by atoms with Crippen molar-refractivity contribution in [3.8, 4) is 0 Å². The molecule has 8 heteroatoms. The van der Waals surface area contributed by atoms with Crippen molar-refractivity contribution in [2.45, 2.75) is 61.6 Å². The molecule has 3 rings (SSSR count). The van der Waals surface area contributed by atoms with Gasteiger partial charge in [0.25, 0.3) is 10.0 Å². The lowest BCUT2D eigenvalue weighted by molar-refractivity contribution is -0.128. The number of sulfonamides is 1. The van der Waals surface area contributed by atoms with Crippen molar-refractivity contribution in [1.82, 2.24) is 4.90 Å². The Morgan fingerprint density at radius 1 is 1.20 bits per heavy atom. The maximum atomic E-state index is 13.0. The van der Waals surface area contributed by atoms with Crippen LogP contribution in [0.4, 0.5) is 4.39 Å². The number of halogens is 1. The number of benzene rings is 1. The van der Waals surface area contributed by atoms with E-state index < -0.39 is 15.8 Å². The molecule has 2 aliphatic rings. The second-order valence-corrected chi connectivity index (χ2v) is 9.09. The summed E-state index contributed by atoms with van der Waals surface area (Å²) in [6.45, 7) is 1.91. The van der Waals surface area contributed by atoms with E-state index in [0.29, 0.717) is 6.42 Å².